The molecule has 1 rings (SSSR count). The van der Waals surface area contributed by atoms with Crippen LogP contribution in [0.4, 0.5) is 0 Å². The summed E-state index contributed by atoms with van der Waals surface area (Å²) in [7, 11) is -3.51. The van der Waals surface area contributed by atoms with E-state index in [1.165, 1.54) is 10.4 Å². The Morgan fingerprint density at radius 2 is 1.90 bits per heavy atom. The van der Waals surface area contributed by atoms with Crippen LogP contribution in [0.1, 0.15) is 44.5 Å². The Kier molecular flexibility index (Phi) is 5.89. The highest BCUT2D eigenvalue weighted by molar-refractivity contribution is 7.89. The second kappa shape index (κ2) is 6.99. The molecule has 0 aliphatic heterocycles. The van der Waals surface area contributed by atoms with Crippen molar-refractivity contribution in [1.82, 2.24) is 4.31 Å². The van der Waals surface area contributed by atoms with E-state index in [-0.39, 0.29) is 16.6 Å². The fraction of sp³-hybridized carbons (Fsp3) is 0.533. The normalized spacial score (nSPS) is 12.1. The van der Waals surface area contributed by atoms with Gasteiger partial charge in [0.05, 0.1) is 4.90 Å². The van der Waals surface area contributed by atoms with Crippen LogP contribution in [-0.4, -0.2) is 31.6 Å². The molecule has 0 amide bonds. The summed E-state index contributed by atoms with van der Waals surface area (Å²) < 4.78 is 26.5. The van der Waals surface area contributed by atoms with Gasteiger partial charge in [0.1, 0.15) is 0 Å². The molecule has 0 fully saturated rings. The highest BCUT2D eigenvalue weighted by atomic mass is 32.2. The van der Waals surface area contributed by atoms with Crippen LogP contribution in [0.5, 0.6) is 0 Å². The number of benzene rings is 1. The highest BCUT2D eigenvalue weighted by Crippen LogP contribution is 2.19. The molecule has 0 N–H and O–H groups in total. The van der Waals surface area contributed by atoms with E-state index >= 15 is 0 Å². The minimum atomic E-state index is -3.51. The van der Waals surface area contributed by atoms with Crippen LogP contribution in [0.25, 0.3) is 0 Å². The van der Waals surface area contributed by atoms with E-state index in [2.05, 4.69) is 0 Å². The molecule has 0 aromatic heterocycles. The minimum Gasteiger partial charge on any atom is -0.294 e. The number of nitrogens with zero attached hydrogens (tertiary/aromatic N) is 1. The SMILES string of the molecule is CCCN(CC)S(=O)(=O)c1cccc(C(=O)C(C)C)c1. The predicted octanol–water partition coefficient (Wildman–Crippen LogP) is 2.95. The van der Waals surface area contributed by atoms with Crippen molar-refractivity contribution in [3.05, 3.63) is 29.8 Å². The van der Waals surface area contributed by atoms with E-state index in [4.69, 9.17) is 0 Å². The molecule has 0 saturated carbocycles. The number of ketones is 1. The molecule has 0 aliphatic carbocycles. The van der Waals surface area contributed by atoms with E-state index in [1.807, 2.05) is 13.8 Å². The number of carbonyl (C=O) groups is 1. The Balaban J connectivity index is 3.19. The summed E-state index contributed by atoms with van der Waals surface area (Å²) in [5, 5.41) is 0. The number of hydrogen-bond donors (Lipinski definition) is 0. The van der Waals surface area contributed by atoms with Crippen LogP contribution in [0, 0.1) is 5.92 Å². The van der Waals surface area contributed by atoms with Gasteiger partial charge in [-0.2, -0.15) is 4.31 Å². The second-order valence-electron chi connectivity index (χ2n) is 5.04. The van der Waals surface area contributed by atoms with Crippen LogP contribution in [0.2, 0.25) is 0 Å². The van der Waals surface area contributed by atoms with E-state index in [0.717, 1.165) is 6.42 Å². The van der Waals surface area contributed by atoms with Gasteiger partial charge in [-0.3, -0.25) is 4.79 Å². The molecule has 0 bridgehead atoms. The van der Waals surface area contributed by atoms with Gasteiger partial charge < -0.3 is 0 Å². The molecule has 0 radical (unpaired) electrons. The zero-order chi connectivity index (χ0) is 15.3. The molecule has 20 heavy (non-hydrogen) atoms. The van der Waals surface area contributed by atoms with E-state index in [1.54, 1.807) is 32.0 Å². The number of carbonyl (C=O) groups excluding carboxylic acids is 1. The van der Waals surface area contributed by atoms with Crippen LogP contribution in [-0.2, 0) is 10.0 Å². The minimum absolute atomic E-state index is 0.0411. The molecule has 1 aromatic carbocycles. The monoisotopic (exact) mass is 297 g/mol. The van der Waals surface area contributed by atoms with Gasteiger partial charge in [0.25, 0.3) is 0 Å². The van der Waals surface area contributed by atoms with Crippen LogP contribution >= 0.6 is 0 Å². The molecule has 4 nitrogen and oxygen atoms in total. The highest BCUT2D eigenvalue weighted by Gasteiger charge is 2.23. The number of rotatable bonds is 7. The summed E-state index contributed by atoms with van der Waals surface area (Å²) in [6.07, 6.45) is 0.762. The largest absolute Gasteiger partial charge is 0.294 e. The Morgan fingerprint density at radius 1 is 1.25 bits per heavy atom. The molecular weight excluding hydrogens is 274 g/mol. The van der Waals surface area contributed by atoms with Gasteiger partial charge in [-0.1, -0.05) is 39.8 Å². The van der Waals surface area contributed by atoms with Crippen LogP contribution in [0.3, 0.4) is 0 Å². The number of Topliss-reactive ketones (excluding diaryl/α,β-unsaturated/α-hetero) is 1. The molecule has 112 valence electrons. The fourth-order valence-corrected chi connectivity index (χ4v) is 3.58. The van der Waals surface area contributed by atoms with Crippen molar-refractivity contribution in [3.63, 3.8) is 0 Å². The maximum absolute atomic E-state index is 12.5. The standard InChI is InChI=1S/C15H23NO3S/c1-5-10-16(6-2)20(18,19)14-9-7-8-13(11-14)15(17)12(3)4/h7-9,11-12H,5-6,10H2,1-4H3. The average molecular weight is 297 g/mol. The van der Waals surface area contributed by atoms with Gasteiger partial charge in [0.15, 0.2) is 5.78 Å². The maximum Gasteiger partial charge on any atom is 0.243 e. The molecule has 0 heterocycles. The topological polar surface area (TPSA) is 54.5 Å². The fourth-order valence-electron chi connectivity index (χ4n) is 1.99. The summed E-state index contributed by atoms with van der Waals surface area (Å²) in [6.45, 7) is 8.28. The zero-order valence-electron chi connectivity index (χ0n) is 12.6. The second-order valence-corrected chi connectivity index (χ2v) is 6.98. The predicted molar refractivity (Wildman–Crippen MR) is 80.3 cm³/mol. The van der Waals surface area contributed by atoms with Crippen molar-refractivity contribution in [3.8, 4) is 0 Å². The smallest absolute Gasteiger partial charge is 0.243 e. The van der Waals surface area contributed by atoms with Crippen molar-refractivity contribution >= 4 is 15.8 Å². The molecule has 0 aliphatic rings. The summed E-state index contributed by atoms with van der Waals surface area (Å²) in [5.41, 5.74) is 0.452. The summed E-state index contributed by atoms with van der Waals surface area (Å²) in [6, 6.07) is 6.32. The van der Waals surface area contributed by atoms with Gasteiger partial charge in [-0.25, -0.2) is 8.42 Å². The van der Waals surface area contributed by atoms with Gasteiger partial charge in [0, 0.05) is 24.6 Å². The van der Waals surface area contributed by atoms with Crippen molar-refractivity contribution in [2.75, 3.05) is 13.1 Å². The molecule has 1 aromatic rings. The van der Waals surface area contributed by atoms with Crippen molar-refractivity contribution in [1.29, 1.82) is 0 Å². The van der Waals surface area contributed by atoms with Crippen molar-refractivity contribution < 1.29 is 13.2 Å². The van der Waals surface area contributed by atoms with Gasteiger partial charge in [0.2, 0.25) is 10.0 Å². The third-order valence-electron chi connectivity index (χ3n) is 3.11. The molecule has 0 atom stereocenters. The molecule has 0 saturated heterocycles. The van der Waals surface area contributed by atoms with Gasteiger partial charge >= 0.3 is 0 Å². The Morgan fingerprint density at radius 3 is 2.40 bits per heavy atom. The average Bonchev–Trinajstić information content (AvgIpc) is 2.43. The maximum atomic E-state index is 12.5. The Labute approximate surface area is 121 Å². The van der Waals surface area contributed by atoms with E-state index < -0.39 is 10.0 Å². The van der Waals surface area contributed by atoms with Crippen LogP contribution in [0.15, 0.2) is 29.2 Å². The lowest BCUT2D eigenvalue weighted by Crippen LogP contribution is -2.31. The molecule has 0 spiro atoms. The van der Waals surface area contributed by atoms with Crippen molar-refractivity contribution in [2.24, 2.45) is 5.92 Å². The summed E-state index contributed by atoms with van der Waals surface area (Å²) in [5.74, 6) is -0.188. The molecular formula is C15H23NO3S. The lowest BCUT2D eigenvalue weighted by Gasteiger charge is -2.20. The first-order valence-corrected chi connectivity index (χ1v) is 8.43. The third kappa shape index (κ3) is 3.67. The first kappa shape index (κ1) is 16.9. The van der Waals surface area contributed by atoms with Crippen molar-refractivity contribution in [2.45, 2.75) is 39.0 Å². The van der Waals surface area contributed by atoms with Gasteiger partial charge in [-0.15, -0.1) is 0 Å². The quantitative estimate of drug-likeness (QED) is 0.727. The van der Waals surface area contributed by atoms with E-state index in [9.17, 15) is 13.2 Å². The first-order valence-electron chi connectivity index (χ1n) is 6.99. The first-order chi connectivity index (χ1) is 9.34. The zero-order valence-corrected chi connectivity index (χ0v) is 13.4. The summed E-state index contributed by atoms with van der Waals surface area (Å²) >= 11 is 0. The summed E-state index contributed by atoms with van der Waals surface area (Å²) in [4.78, 5) is 12.2. The van der Waals surface area contributed by atoms with Crippen LogP contribution < -0.4 is 0 Å². The number of hydrogen-bond acceptors (Lipinski definition) is 3. The molecule has 0 unspecified atom stereocenters. The lowest BCUT2D eigenvalue weighted by molar-refractivity contribution is 0.0939. The van der Waals surface area contributed by atoms with Gasteiger partial charge in [-0.05, 0) is 18.6 Å². The third-order valence-corrected chi connectivity index (χ3v) is 5.08. The molecule has 5 heteroatoms. The number of sulfonamides is 1. The van der Waals surface area contributed by atoms with E-state index in [0.29, 0.717) is 18.7 Å². The lowest BCUT2D eigenvalue weighted by atomic mass is 10.0. The Hall–Kier alpha value is -1.20. The Bertz CT molecular complexity index is 564.